The smallest absolute Gasteiger partial charge is 0.305 e. The Morgan fingerprint density at radius 1 is 0.767 bits per heavy atom. The molecule has 0 aliphatic carbocycles. The number of carboxylic acid groups (broad SMARTS) is 1. The molecule has 0 bridgehead atoms. The van der Waals surface area contributed by atoms with E-state index in [1.807, 2.05) is 19.0 Å². The van der Waals surface area contributed by atoms with Crippen molar-refractivity contribution in [2.75, 3.05) is 20.6 Å². The zero-order valence-electron chi connectivity index (χ0n) is 20.2. The average Bonchev–Trinajstić information content (AvgIpc) is 2.68. The molecule has 178 valence electrons. The molecule has 0 radical (unpaired) electrons. The minimum Gasteiger partial charge on any atom is -0.481 e. The average molecular weight is 427 g/mol. The van der Waals surface area contributed by atoms with Gasteiger partial charge in [0.05, 0.1) is 6.42 Å². The number of nitrogens with one attached hydrogen (secondary N) is 1. The lowest BCUT2D eigenvalue weighted by atomic mass is 10.0. The number of carbonyl (C=O) groups excluding carboxylic acids is 1. The normalized spacial score (nSPS) is 12.3. The second-order valence-electron chi connectivity index (χ2n) is 9.15. The summed E-state index contributed by atoms with van der Waals surface area (Å²) < 4.78 is 0. The van der Waals surface area contributed by atoms with Gasteiger partial charge in [0.1, 0.15) is 0 Å². The highest BCUT2D eigenvalue weighted by molar-refractivity contribution is 5.77. The van der Waals surface area contributed by atoms with Crippen LogP contribution in [0.1, 0.15) is 122 Å². The van der Waals surface area contributed by atoms with Gasteiger partial charge in [-0.1, -0.05) is 96.8 Å². The molecule has 0 aromatic carbocycles. The predicted octanol–water partition coefficient (Wildman–Crippen LogP) is 6.16. The summed E-state index contributed by atoms with van der Waals surface area (Å²) in [5, 5.41) is 11.9. The summed E-state index contributed by atoms with van der Waals surface area (Å²) in [6.07, 6.45) is 20.8. The molecule has 1 unspecified atom stereocenters. The van der Waals surface area contributed by atoms with Crippen molar-refractivity contribution in [2.24, 2.45) is 0 Å². The van der Waals surface area contributed by atoms with E-state index in [0.29, 0.717) is 12.8 Å². The van der Waals surface area contributed by atoms with Crippen molar-refractivity contribution in [2.45, 2.75) is 129 Å². The number of unbranched alkanes of at least 4 members (excludes halogenated alkanes) is 14. The van der Waals surface area contributed by atoms with Crippen molar-refractivity contribution in [3.05, 3.63) is 0 Å². The molecule has 0 saturated carbocycles. The van der Waals surface area contributed by atoms with Crippen molar-refractivity contribution in [1.29, 1.82) is 0 Å². The number of nitrogens with zero attached hydrogens (tertiary/aromatic N) is 1. The summed E-state index contributed by atoms with van der Waals surface area (Å²) in [7, 11) is 3.91. The van der Waals surface area contributed by atoms with Crippen molar-refractivity contribution < 1.29 is 14.7 Å². The molecule has 0 saturated heterocycles. The quantitative estimate of drug-likeness (QED) is 0.203. The summed E-state index contributed by atoms with van der Waals surface area (Å²) in [5.74, 6) is -0.860. The molecule has 30 heavy (non-hydrogen) atoms. The van der Waals surface area contributed by atoms with Gasteiger partial charge in [-0.25, -0.2) is 0 Å². The van der Waals surface area contributed by atoms with Gasteiger partial charge in [0, 0.05) is 12.5 Å². The second kappa shape index (κ2) is 21.1. The Hall–Kier alpha value is -1.10. The van der Waals surface area contributed by atoms with Crippen LogP contribution in [-0.2, 0) is 9.59 Å². The highest BCUT2D eigenvalue weighted by atomic mass is 16.4. The summed E-state index contributed by atoms with van der Waals surface area (Å²) >= 11 is 0. The first-order valence-electron chi connectivity index (χ1n) is 12.6. The third kappa shape index (κ3) is 21.6. The van der Waals surface area contributed by atoms with E-state index in [-0.39, 0.29) is 18.4 Å². The molecular formula is C25H50N2O3. The molecule has 0 aliphatic heterocycles. The second-order valence-corrected chi connectivity index (χ2v) is 9.15. The Morgan fingerprint density at radius 2 is 1.20 bits per heavy atom. The number of carboxylic acids is 1. The van der Waals surface area contributed by atoms with Crippen LogP contribution >= 0.6 is 0 Å². The minimum absolute atomic E-state index is 0.00155. The van der Waals surface area contributed by atoms with E-state index in [2.05, 4.69) is 12.2 Å². The van der Waals surface area contributed by atoms with Gasteiger partial charge in [-0.05, 0) is 33.5 Å². The fourth-order valence-electron chi connectivity index (χ4n) is 3.81. The molecule has 5 nitrogen and oxygen atoms in total. The molecule has 1 amide bonds. The Kier molecular flexibility index (Phi) is 20.4. The first kappa shape index (κ1) is 28.9. The molecule has 5 heteroatoms. The number of hydrogen-bond acceptors (Lipinski definition) is 3. The maximum Gasteiger partial charge on any atom is 0.305 e. The highest BCUT2D eigenvalue weighted by Crippen LogP contribution is 2.13. The molecule has 0 spiro atoms. The predicted molar refractivity (Wildman–Crippen MR) is 127 cm³/mol. The highest BCUT2D eigenvalue weighted by Gasteiger charge is 2.15. The molecule has 1 atom stereocenters. The Labute approximate surface area is 186 Å². The number of carbonyl (C=O) groups is 2. The number of hydrogen-bond donors (Lipinski definition) is 2. The van der Waals surface area contributed by atoms with Gasteiger partial charge < -0.3 is 15.3 Å². The van der Waals surface area contributed by atoms with Gasteiger partial charge in [-0.15, -0.1) is 0 Å². The maximum atomic E-state index is 12.1. The van der Waals surface area contributed by atoms with Gasteiger partial charge in [0.25, 0.3) is 0 Å². The van der Waals surface area contributed by atoms with E-state index in [9.17, 15) is 9.59 Å². The monoisotopic (exact) mass is 426 g/mol. The molecule has 0 aliphatic rings. The first-order chi connectivity index (χ1) is 14.5. The molecule has 0 aromatic heterocycles. The lowest BCUT2D eigenvalue weighted by molar-refractivity contribution is -0.137. The van der Waals surface area contributed by atoms with E-state index in [4.69, 9.17) is 5.11 Å². The van der Waals surface area contributed by atoms with Crippen LogP contribution in [0.2, 0.25) is 0 Å². The van der Waals surface area contributed by atoms with Gasteiger partial charge in [0.2, 0.25) is 5.91 Å². The molecule has 2 N–H and O–H groups in total. The zero-order chi connectivity index (χ0) is 22.5. The van der Waals surface area contributed by atoms with Crippen LogP contribution < -0.4 is 5.32 Å². The minimum atomic E-state index is -0.856. The van der Waals surface area contributed by atoms with Crippen LogP contribution in [0, 0.1) is 0 Å². The molecular weight excluding hydrogens is 376 g/mol. The SMILES string of the molecule is CCCCCCCCCCCCCCCCCC(=O)NC(CCN(C)C)CC(=O)O. The number of aliphatic carboxylic acids is 1. The van der Waals surface area contributed by atoms with Gasteiger partial charge >= 0.3 is 5.97 Å². The summed E-state index contributed by atoms with van der Waals surface area (Å²) in [6.45, 7) is 3.04. The largest absolute Gasteiger partial charge is 0.481 e. The van der Waals surface area contributed by atoms with E-state index in [1.165, 1.54) is 83.5 Å². The first-order valence-corrected chi connectivity index (χ1v) is 12.6. The molecule has 0 heterocycles. The standard InChI is InChI=1S/C25H50N2O3/c1-4-5-6-7-8-9-10-11-12-13-14-15-16-17-18-19-24(28)26-23(22-25(29)30)20-21-27(2)3/h23H,4-22H2,1-3H3,(H,26,28)(H,29,30). The number of rotatable bonds is 22. The van der Waals surface area contributed by atoms with Crippen LogP contribution in [0.5, 0.6) is 0 Å². The topological polar surface area (TPSA) is 69.6 Å². The van der Waals surface area contributed by atoms with Gasteiger partial charge in [-0.2, -0.15) is 0 Å². The van der Waals surface area contributed by atoms with Crippen molar-refractivity contribution in [3.63, 3.8) is 0 Å². The fourth-order valence-corrected chi connectivity index (χ4v) is 3.81. The Bertz CT molecular complexity index is 413. The third-order valence-electron chi connectivity index (χ3n) is 5.72. The summed E-state index contributed by atoms with van der Waals surface area (Å²) in [4.78, 5) is 25.1. The fraction of sp³-hybridized carbons (Fsp3) is 0.920. The van der Waals surface area contributed by atoms with E-state index in [0.717, 1.165) is 19.4 Å². The Balaban J connectivity index is 3.51. The third-order valence-corrected chi connectivity index (χ3v) is 5.72. The molecule has 0 fully saturated rings. The van der Waals surface area contributed by atoms with Crippen molar-refractivity contribution >= 4 is 11.9 Å². The maximum absolute atomic E-state index is 12.1. The van der Waals surface area contributed by atoms with Crippen molar-refractivity contribution in [1.82, 2.24) is 10.2 Å². The summed E-state index contributed by atoms with van der Waals surface area (Å²) in [6, 6.07) is -0.270. The molecule has 0 aromatic rings. The van der Waals surface area contributed by atoms with Crippen LogP contribution in [0.25, 0.3) is 0 Å². The van der Waals surface area contributed by atoms with E-state index >= 15 is 0 Å². The Morgan fingerprint density at radius 3 is 1.60 bits per heavy atom. The van der Waals surface area contributed by atoms with Crippen LogP contribution in [0.4, 0.5) is 0 Å². The van der Waals surface area contributed by atoms with E-state index in [1.54, 1.807) is 0 Å². The lowest BCUT2D eigenvalue weighted by Crippen LogP contribution is -2.38. The lowest BCUT2D eigenvalue weighted by Gasteiger charge is -2.19. The van der Waals surface area contributed by atoms with Gasteiger partial charge in [-0.3, -0.25) is 9.59 Å². The van der Waals surface area contributed by atoms with Crippen LogP contribution in [0.15, 0.2) is 0 Å². The van der Waals surface area contributed by atoms with E-state index < -0.39 is 5.97 Å². The van der Waals surface area contributed by atoms with Gasteiger partial charge in [0.15, 0.2) is 0 Å². The van der Waals surface area contributed by atoms with Crippen LogP contribution in [-0.4, -0.2) is 48.6 Å². The van der Waals surface area contributed by atoms with Crippen LogP contribution in [0.3, 0.4) is 0 Å². The molecule has 0 rings (SSSR count). The number of amides is 1. The summed E-state index contributed by atoms with van der Waals surface area (Å²) in [5.41, 5.74) is 0. The van der Waals surface area contributed by atoms with Crippen molar-refractivity contribution in [3.8, 4) is 0 Å². The zero-order valence-corrected chi connectivity index (χ0v) is 20.2.